The molecule has 80 valence electrons. The third-order valence-corrected chi connectivity index (χ3v) is 2.07. The monoisotopic (exact) mass is 198 g/mol. The standard InChI is InChI=1S/C10H18N2O2/c1-7(2)14-6-10(12-11)9-4-5-13-8(9)3/h4-5,7,10,12H,6,11H2,1-3H3. The van der Waals surface area contributed by atoms with Gasteiger partial charge in [-0.3, -0.25) is 11.3 Å². The van der Waals surface area contributed by atoms with Gasteiger partial charge in [-0.1, -0.05) is 0 Å². The summed E-state index contributed by atoms with van der Waals surface area (Å²) in [5.74, 6) is 6.32. The minimum atomic E-state index is -0.00356. The Morgan fingerprint density at radius 2 is 2.29 bits per heavy atom. The van der Waals surface area contributed by atoms with Crippen molar-refractivity contribution in [1.82, 2.24) is 5.43 Å². The lowest BCUT2D eigenvalue weighted by Crippen LogP contribution is -2.32. The van der Waals surface area contributed by atoms with E-state index in [0.29, 0.717) is 6.61 Å². The molecule has 0 saturated heterocycles. The quantitative estimate of drug-likeness (QED) is 0.556. The fraction of sp³-hybridized carbons (Fsp3) is 0.600. The van der Waals surface area contributed by atoms with Crippen molar-refractivity contribution in [2.75, 3.05) is 6.61 Å². The number of furan rings is 1. The lowest BCUT2D eigenvalue weighted by molar-refractivity contribution is 0.0608. The average molecular weight is 198 g/mol. The van der Waals surface area contributed by atoms with Crippen molar-refractivity contribution in [2.45, 2.75) is 32.9 Å². The van der Waals surface area contributed by atoms with Crippen molar-refractivity contribution >= 4 is 0 Å². The fourth-order valence-electron chi connectivity index (χ4n) is 1.27. The molecule has 1 aromatic rings. The number of nitrogens with one attached hydrogen (secondary N) is 1. The summed E-state index contributed by atoms with van der Waals surface area (Å²) < 4.78 is 10.7. The first-order valence-corrected chi connectivity index (χ1v) is 4.77. The molecule has 4 nitrogen and oxygen atoms in total. The lowest BCUT2D eigenvalue weighted by Gasteiger charge is -2.17. The molecule has 0 bridgehead atoms. The van der Waals surface area contributed by atoms with Gasteiger partial charge in [-0.15, -0.1) is 0 Å². The van der Waals surface area contributed by atoms with Gasteiger partial charge in [-0.25, -0.2) is 0 Å². The summed E-state index contributed by atoms with van der Waals surface area (Å²) >= 11 is 0. The van der Waals surface area contributed by atoms with E-state index in [2.05, 4.69) is 5.43 Å². The summed E-state index contributed by atoms with van der Waals surface area (Å²) in [5, 5.41) is 0. The zero-order chi connectivity index (χ0) is 10.6. The molecule has 1 heterocycles. The third kappa shape index (κ3) is 2.83. The van der Waals surface area contributed by atoms with Crippen molar-refractivity contribution in [3.63, 3.8) is 0 Å². The molecule has 0 aliphatic rings. The molecular weight excluding hydrogens is 180 g/mol. The van der Waals surface area contributed by atoms with Crippen LogP contribution in [-0.2, 0) is 4.74 Å². The molecule has 1 unspecified atom stereocenters. The Balaban J connectivity index is 2.58. The molecule has 0 radical (unpaired) electrons. The Hall–Kier alpha value is -0.840. The lowest BCUT2D eigenvalue weighted by atomic mass is 10.1. The van der Waals surface area contributed by atoms with Gasteiger partial charge in [0, 0.05) is 5.56 Å². The molecule has 0 amide bonds. The van der Waals surface area contributed by atoms with Crippen molar-refractivity contribution in [2.24, 2.45) is 5.84 Å². The Bertz CT molecular complexity index is 271. The molecule has 1 aromatic heterocycles. The first-order chi connectivity index (χ1) is 6.65. The van der Waals surface area contributed by atoms with Crippen molar-refractivity contribution in [1.29, 1.82) is 0 Å². The second kappa shape index (κ2) is 5.14. The van der Waals surface area contributed by atoms with Gasteiger partial charge in [0.05, 0.1) is 25.0 Å². The minimum absolute atomic E-state index is 0.00356. The SMILES string of the molecule is Cc1occc1C(COC(C)C)NN. The normalized spacial score (nSPS) is 13.5. The predicted molar refractivity (Wildman–Crippen MR) is 54.6 cm³/mol. The van der Waals surface area contributed by atoms with E-state index in [9.17, 15) is 0 Å². The van der Waals surface area contributed by atoms with Gasteiger partial charge in [-0.05, 0) is 26.8 Å². The summed E-state index contributed by atoms with van der Waals surface area (Å²) in [7, 11) is 0. The average Bonchev–Trinajstić information content (AvgIpc) is 2.53. The molecular formula is C10H18N2O2. The van der Waals surface area contributed by atoms with Crippen molar-refractivity contribution in [3.8, 4) is 0 Å². The van der Waals surface area contributed by atoms with Gasteiger partial charge in [0.15, 0.2) is 0 Å². The summed E-state index contributed by atoms with van der Waals surface area (Å²) in [6, 6.07) is 1.90. The highest BCUT2D eigenvalue weighted by Crippen LogP contribution is 2.18. The zero-order valence-electron chi connectivity index (χ0n) is 8.91. The summed E-state index contributed by atoms with van der Waals surface area (Å²) in [4.78, 5) is 0. The zero-order valence-corrected chi connectivity index (χ0v) is 8.91. The molecule has 0 aromatic carbocycles. The molecule has 0 aliphatic heterocycles. The van der Waals surface area contributed by atoms with Crippen LogP contribution in [0.3, 0.4) is 0 Å². The van der Waals surface area contributed by atoms with E-state index in [1.807, 2.05) is 26.8 Å². The Morgan fingerprint density at radius 3 is 2.71 bits per heavy atom. The third-order valence-electron chi connectivity index (χ3n) is 2.07. The van der Waals surface area contributed by atoms with Gasteiger partial charge in [0.2, 0.25) is 0 Å². The van der Waals surface area contributed by atoms with Crippen LogP contribution in [0, 0.1) is 6.92 Å². The predicted octanol–water partition coefficient (Wildman–Crippen LogP) is 1.52. The molecule has 0 spiro atoms. The Labute approximate surface area is 84.4 Å². The maximum absolute atomic E-state index is 5.49. The molecule has 14 heavy (non-hydrogen) atoms. The van der Waals surface area contributed by atoms with E-state index < -0.39 is 0 Å². The minimum Gasteiger partial charge on any atom is -0.469 e. The van der Waals surface area contributed by atoms with Crippen molar-refractivity contribution < 1.29 is 9.15 Å². The topological polar surface area (TPSA) is 60.4 Å². The van der Waals surface area contributed by atoms with Crippen LogP contribution in [0.2, 0.25) is 0 Å². The summed E-state index contributed by atoms with van der Waals surface area (Å²) in [6.45, 7) is 6.45. The van der Waals surface area contributed by atoms with Gasteiger partial charge < -0.3 is 9.15 Å². The van der Waals surface area contributed by atoms with E-state index in [1.165, 1.54) is 0 Å². The largest absolute Gasteiger partial charge is 0.469 e. The highest BCUT2D eigenvalue weighted by molar-refractivity contribution is 5.19. The number of aryl methyl sites for hydroxylation is 1. The summed E-state index contributed by atoms with van der Waals surface area (Å²) in [6.07, 6.45) is 1.86. The fourth-order valence-corrected chi connectivity index (χ4v) is 1.27. The van der Waals surface area contributed by atoms with E-state index in [0.717, 1.165) is 11.3 Å². The van der Waals surface area contributed by atoms with Crippen LogP contribution in [0.25, 0.3) is 0 Å². The van der Waals surface area contributed by atoms with Gasteiger partial charge >= 0.3 is 0 Å². The number of rotatable bonds is 5. The first-order valence-electron chi connectivity index (χ1n) is 4.77. The van der Waals surface area contributed by atoms with Crippen LogP contribution >= 0.6 is 0 Å². The van der Waals surface area contributed by atoms with Crippen LogP contribution < -0.4 is 11.3 Å². The van der Waals surface area contributed by atoms with Crippen LogP contribution in [-0.4, -0.2) is 12.7 Å². The highest BCUT2D eigenvalue weighted by atomic mass is 16.5. The maximum Gasteiger partial charge on any atom is 0.105 e. The smallest absolute Gasteiger partial charge is 0.105 e. The molecule has 1 rings (SSSR count). The van der Waals surface area contributed by atoms with Crippen LogP contribution in [0.15, 0.2) is 16.7 Å². The van der Waals surface area contributed by atoms with Crippen LogP contribution in [0.1, 0.15) is 31.2 Å². The number of hydrogen-bond acceptors (Lipinski definition) is 4. The molecule has 1 atom stereocenters. The molecule has 0 fully saturated rings. The maximum atomic E-state index is 5.49. The van der Waals surface area contributed by atoms with E-state index >= 15 is 0 Å². The number of nitrogens with two attached hydrogens (primary N) is 1. The number of hydrazine groups is 1. The molecule has 4 heteroatoms. The Morgan fingerprint density at radius 1 is 1.57 bits per heavy atom. The molecule has 0 aliphatic carbocycles. The van der Waals surface area contributed by atoms with E-state index in [1.54, 1.807) is 6.26 Å². The first kappa shape index (κ1) is 11.2. The van der Waals surface area contributed by atoms with Crippen molar-refractivity contribution in [3.05, 3.63) is 23.7 Å². The second-order valence-corrected chi connectivity index (χ2v) is 3.53. The number of ether oxygens (including phenoxy) is 1. The van der Waals surface area contributed by atoms with Gasteiger partial charge in [0.1, 0.15) is 5.76 Å². The molecule has 0 saturated carbocycles. The van der Waals surface area contributed by atoms with Gasteiger partial charge in [-0.2, -0.15) is 0 Å². The van der Waals surface area contributed by atoms with E-state index in [4.69, 9.17) is 15.0 Å². The summed E-state index contributed by atoms with van der Waals surface area (Å²) in [5.41, 5.74) is 3.76. The highest BCUT2D eigenvalue weighted by Gasteiger charge is 2.14. The van der Waals surface area contributed by atoms with E-state index in [-0.39, 0.29) is 12.1 Å². The number of hydrogen-bond donors (Lipinski definition) is 2. The van der Waals surface area contributed by atoms with Crippen LogP contribution in [0.4, 0.5) is 0 Å². The Kier molecular flexibility index (Phi) is 4.13. The molecule has 3 N–H and O–H groups in total. The van der Waals surface area contributed by atoms with Crippen LogP contribution in [0.5, 0.6) is 0 Å². The van der Waals surface area contributed by atoms with Gasteiger partial charge in [0.25, 0.3) is 0 Å². The second-order valence-electron chi connectivity index (χ2n) is 3.53.